The fourth-order valence-electron chi connectivity index (χ4n) is 1.36. The van der Waals surface area contributed by atoms with Crippen molar-refractivity contribution < 1.29 is 19.1 Å². The van der Waals surface area contributed by atoms with Gasteiger partial charge in [-0.25, -0.2) is 4.39 Å². The Morgan fingerprint density at radius 3 is 2.72 bits per heavy atom. The topological polar surface area (TPSA) is 66.4 Å². The first-order valence-electron chi connectivity index (χ1n) is 5.41. The molecule has 0 atom stereocenters. The zero-order valence-electron chi connectivity index (χ0n) is 9.58. The van der Waals surface area contributed by atoms with E-state index in [1.165, 1.54) is 12.1 Å². The van der Waals surface area contributed by atoms with Crippen molar-refractivity contribution in [1.82, 2.24) is 5.32 Å². The van der Waals surface area contributed by atoms with Crippen LogP contribution >= 0.6 is 15.9 Å². The molecule has 0 bridgehead atoms. The Bertz CT molecular complexity index is 451. The van der Waals surface area contributed by atoms with E-state index < -0.39 is 5.97 Å². The zero-order valence-corrected chi connectivity index (χ0v) is 11.2. The molecule has 0 aromatic heterocycles. The number of carbonyl (C=O) groups is 2. The highest BCUT2D eigenvalue weighted by molar-refractivity contribution is 9.10. The van der Waals surface area contributed by atoms with Gasteiger partial charge < -0.3 is 10.4 Å². The van der Waals surface area contributed by atoms with Crippen molar-refractivity contribution in [3.8, 4) is 0 Å². The number of hydrogen-bond donors (Lipinski definition) is 2. The van der Waals surface area contributed by atoms with Crippen molar-refractivity contribution in [2.45, 2.75) is 25.8 Å². The number of benzene rings is 1. The van der Waals surface area contributed by atoms with E-state index in [0.717, 1.165) is 4.47 Å². The Morgan fingerprint density at radius 1 is 1.33 bits per heavy atom. The van der Waals surface area contributed by atoms with Crippen LogP contribution in [0.1, 0.15) is 24.8 Å². The normalized spacial score (nSPS) is 10.1. The smallest absolute Gasteiger partial charge is 0.303 e. The lowest BCUT2D eigenvalue weighted by molar-refractivity contribution is -0.137. The van der Waals surface area contributed by atoms with Crippen molar-refractivity contribution in [2.24, 2.45) is 0 Å². The van der Waals surface area contributed by atoms with Crippen LogP contribution in [0.5, 0.6) is 0 Å². The summed E-state index contributed by atoms with van der Waals surface area (Å²) in [4.78, 5) is 21.6. The molecule has 0 aliphatic heterocycles. The van der Waals surface area contributed by atoms with Crippen molar-refractivity contribution in [1.29, 1.82) is 0 Å². The van der Waals surface area contributed by atoms with Crippen LogP contribution in [0.15, 0.2) is 22.7 Å². The van der Waals surface area contributed by atoms with Crippen LogP contribution in [0.3, 0.4) is 0 Å². The van der Waals surface area contributed by atoms with Crippen molar-refractivity contribution >= 4 is 27.8 Å². The number of carboxylic acids is 1. The lowest BCUT2D eigenvalue weighted by Gasteiger charge is -2.07. The molecular weight excluding hydrogens is 305 g/mol. The molecule has 6 heteroatoms. The maximum Gasteiger partial charge on any atom is 0.303 e. The number of aliphatic carboxylic acids is 1. The van der Waals surface area contributed by atoms with Gasteiger partial charge in [0.05, 0.1) is 0 Å². The minimum Gasteiger partial charge on any atom is -0.481 e. The Balaban J connectivity index is 2.38. The third-order valence-electron chi connectivity index (χ3n) is 2.28. The fraction of sp³-hybridized carbons (Fsp3) is 0.333. The Morgan fingerprint density at radius 2 is 2.06 bits per heavy atom. The molecule has 1 aromatic rings. The summed E-state index contributed by atoms with van der Waals surface area (Å²) in [7, 11) is 0. The number of rotatable bonds is 6. The van der Waals surface area contributed by atoms with Gasteiger partial charge >= 0.3 is 5.97 Å². The molecule has 0 spiro atoms. The second kappa shape index (κ2) is 7.10. The molecule has 0 saturated carbocycles. The van der Waals surface area contributed by atoms with E-state index in [4.69, 9.17) is 5.11 Å². The van der Waals surface area contributed by atoms with Gasteiger partial charge in [0.1, 0.15) is 5.82 Å². The number of amides is 1. The molecule has 1 rings (SSSR count). The monoisotopic (exact) mass is 317 g/mol. The molecule has 4 nitrogen and oxygen atoms in total. The first-order valence-corrected chi connectivity index (χ1v) is 6.21. The van der Waals surface area contributed by atoms with Gasteiger partial charge in [-0.1, -0.05) is 15.9 Å². The van der Waals surface area contributed by atoms with Crippen LogP contribution in [0.25, 0.3) is 0 Å². The molecule has 0 unspecified atom stereocenters. The second-order valence-electron chi connectivity index (χ2n) is 3.76. The first-order chi connectivity index (χ1) is 8.49. The van der Waals surface area contributed by atoms with Gasteiger partial charge in [0.15, 0.2) is 0 Å². The average Bonchev–Trinajstić information content (AvgIpc) is 2.30. The molecule has 0 aliphatic carbocycles. The Hall–Kier alpha value is -1.43. The summed E-state index contributed by atoms with van der Waals surface area (Å²) >= 11 is 3.26. The van der Waals surface area contributed by atoms with Crippen molar-refractivity contribution in [3.63, 3.8) is 0 Å². The Kier molecular flexibility index (Phi) is 5.77. The minimum atomic E-state index is -0.921. The van der Waals surface area contributed by atoms with E-state index >= 15 is 0 Å². The summed E-state index contributed by atoms with van der Waals surface area (Å²) in [6, 6.07) is 4.23. The molecule has 0 fully saturated rings. The number of carbonyl (C=O) groups excluding carboxylic acids is 1. The second-order valence-corrected chi connectivity index (χ2v) is 4.61. The van der Waals surface area contributed by atoms with Crippen LogP contribution in [0.4, 0.5) is 4.39 Å². The summed E-state index contributed by atoms with van der Waals surface area (Å²) in [5.41, 5.74) is 0.640. The standard InChI is InChI=1S/C12H13BrFNO3/c13-10-5-4-9(14)6-8(10)7-15-11(16)2-1-3-12(17)18/h4-6H,1-3,7H2,(H,15,16)(H,17,18). The van der Waals surface area contributed by atoms with E-state index in [2.05, 4.69) is 21.2 Å². The zero-order chi connectivity index (χ0) is 13.5. The molecule has 0 radical (unpaired) electrons. The van der Waals surface area contributed by atoms with Crippen LogP contribution in [0, 0.1) is 5.82 Å². The quantitative estimate of drug-likeness (QED) is 0.847. The predicted octanol–water partition coefficient (Wildman–Crippen LogP) is 2.46. The molecule has 2 N–H and O–H groups in total. The van der Waals surface area contributed by atoms with Crippen LogP contribution < -0.4 is 5.32 Å². The fourth-order valence-corrected chi connectivity index (χ4v) is 1.75. The maximum absolute atomic E-state index is 13.0. The lowest BCUT2D eigenvalue weighted by Crippen LogP contribution is -2.22. The molecule has 1 aromatic carbocycles. The highest BCUT2D eigenvalue weighted by Crippen LogP contribution is 2.17. The SMILES string of the molecule is O=C(O)CCCC(=O)NCc1cc(F)ccc1Br. The molecular formula is C12H13BrFNO3. The number of carboxylic acid groups (broad SMARTS) is 1. The van der Waals surface area contributed by atoms with Gasteiger partial charge in [-0.15, -0.1) is 0 Å². The Labute approximate surface area is 112 Å². The van der Waals surface area contributed by atoms with E-state index in [1.54, 1.807) is 6.07 Å². The van der Waals surface area contributed by atoms with Gasteiger partial charge in [-0.05, 0) is 30.2 Å². The number of nitrogens with one attached hydrogen (secondary N) is 1. The maximum atomic E-state index is 13.0. The summed E-state index contributed by atoms with van der Waals surface area (Å²) in [6.45, 7) is 0.213. The third-order valence-corrected chi connectivity index (χ3v) is 3.05. The largest absolute Gasteiger partial charge is 0.481 e. The average molecular weight is 318 g/mol. The first kappa shape index (κ1) is 14.6. The van der Waals surface area contributed by atoms with Crippen LogP contribution in [-0.4, -0.2) is 17.0 Å². The minimum absolute atomic E-state index is 0.0307. The van der Waals surface area contributed by atoms with Gasteiger partial charge in [0.25, 0.3) is 0 Å². The number of halogens is 2. The lowest BCUT2D eigenvalue weighted by atomic mass is 10.2. The van der Waals surface area contributed by atoms with Crippen molar-refractivity contribution in [3.05, 3.63) is 34.1 Å². The molecule has 18 heavy (non-hydrogen) atoms. The van der Waals surface area contributed by atoms with Crippen LogP contribution in [0.2, 0.25) is 0 Å². The highest BCUT2D eigenvalue weighted by atomic mass is 79.9. The van der Waals surface area contributed by atoms with E-state index in [1.807, 2.05) is 0 Å². The van der Waals surface area contributed by atoms with E-state index in [-0.39, 0.29) is 31.1 Å². The summed E-state index contributed by atoms with van der Waals surface area (Å²) in [6.07, 6.45) is 0.418. The summed E-state index contributed by atoms with van der Waals surface area (Å²) in [5, 5.41) is 11.0. The molecule has 0 saturated heterocycles. The van der Waals surface area contributed by atoms with Gasteiger partial charge in [-0.3, -0.25) is 9.59 Å². The molecule has 0 heterocycles. The molecule has 1 amide bonds. The predicted molar refractivity (Wildman–Crippen MR) is 67.4 cm³/mol. The highest BCUT2D eigenvalue weighted by Gasteiger charge is 2.06. The third kappa shape index (κ3) is 5.27. The van der Waals surface area contributed by atoms with E-state index in [0.29, 0.717) is 12.0 Å². The molecule has 98 valence electrons. The summed E-state index contributed by atoms with van der Waals surface area (Å²) in [5.74, 6) is -1.53. The van der Waals surface area contributed by atoms with Gasteiger partial charge in [0, 0.05) is 23.9 Å². The van der Waals surface area contributed by atoms with E-state index in [9.17, 15) is 14.0 Å². The summed E-state index contributed by atoms with van der Waals surface area (Å²) < 4.78 is 13.7. The molecule has 0 aliphatic rings. The van der Waals surface area contributed by atoms with Crippen LogP contribution in [-0.2, 0) is 16.1 Å². The number of hydrogen-bond acceptors (Lipinski definition) is 2. The van der Waals surface area contributed by atoms with Crippen molar-refractivity contribution in [2.75, 3.05) is 0 Å². The van der Waals surface area contributed by atoms with Gasteiger partial charge in [-0.2, -0.15) is 0 Å². The van der Waals surface area contributed by atoms with Gasteiger partial charge in [0.2, 0.25) is 5.91 Å².